The molecule has 3 aromatic rings. The number of nitrogens with zero attached hydrogens (tertiary/aromatic N) is 1. The van der Waals surface area contributed by atoms with E-state index in [0.29, 0.717) is 0 Å². The highest BCUT2D eigenvalue weighted by Gasteiger charge is 2.27. The zero-order valence-corrected chi connectivity index (χ0v) is 11.6. The Balaban J connectivity index is 1.74. The van der Waals surface area contributed by atoms with Gasteiger partial charge in [0.15, 0.2) is 0 Å². The molecule has 0 saturated heterocycles. The van der Waals surface area contributed by atoms with E-state index in [1.54, 1.807) is 0 Å². The predicted molar refractivity (Wildman–Crippen MR) is 83.2 cm³/mol. The molecule has 0 bridgehead atoms. The highest BCUT2D eigenvalue weighted by atomic mass is 16.5. The molecule has 1 aliphatic heterocycles. The molecule has 0 spiro atoms. The van der Waals surface area contributed by atoms with Gasteiger partial charge in [0.2, 0.25) is 0 Å². The van der Waals surface area contributed by atoms with E-state index < -0.39 is 0 Å². The van der Waals surface area contributed by atoms with Gasteiger partial charge in [-0.05, 0) is 11.6 Å². The number of rotatable bonds is 2. The Morgan fingerprint density at radius 3 is 2.33 bits per heavy atom. The summed E-state index contributed by atoms with van der Waals surface area (Å²) < 4.78 is 6.12. The van der Waals surface area contributed by atoms with Gasteiger partial charge in [-0.25, -0.2) is 0 Å². The van der Waals surface area contributed by atoms with Crippen molar-refractivity contribution in [3.63, 3.8) is 0 Å². The first-order valence-electron chi connectivity index (χ1n) is 7.17. The van der Waals surface area contributed by atoms with E-state index in [9.17, 15) is 0 Å². The summed E-state index contributed by atoms with van der Waals surface area (Å²) in [5, 5.41) is 0. The normalized spacial score (nSPS) is 16.3. The molecule has 4 rings (SSSR count). The lowest BCUT2D eigenvalue weighted by molar-refractivity contribution is 0.238. The largest absolute Gasteiger partial charge is 0.485 e. The Bertz CT molecular complexity index is 753. The summed E-state index contributed by atoms with van der Waals surface area (Å²) >= 11 is 0. The highest BCUT2D eigenvalue weighted by Crippen LogP contribution is 2.40. The first-order chi connectivity index (χ1) is 10.4. The third-order valence-corrected chi connectivity index (χ3v) is 3.89. The fraction of sp³-hybridized carbons (Fsp3) is 0.105. The van der Waals surface area contributed by atoms with Crippen molar-refractivity contribution in [2.75, 3.05) is 0 Å². The molecule has 2 nitrogen and oxygen atoms in total. The Kier molecular flexibility index (Phi) is 2.93. The molecule has 0 aliphatic carbocycles. The summed E-state index contributed by atoms with van der Waals surface area (Å²) in [7, 11) is 0. The van der Waals surface area contributed by atoms with Gasteiger partial charge < -0.3 is 4.74 Å². The zero-order chi connectivity index (χ0) is 14.1. The molecule has 102 valence electrons. The van der Waals surface area contributed by atoms with Crippen molar-refractivity contribution < 1.29 is 4.74 Å². The average Bonchev–Trinajstić information content (AvgIpc) is 3.00. The number of benzene rings is 2. The van der Waals surface area contributed by atoms with Crippen LogP contribution in [0.25, 0.3) is 11.3 Å². The van der Waals surface area contributed by atoms with Crippen molar-refractivity contribution in [1.82, 2.24) is 4.98 Å². The molecule has 1 unspecified atom stereocenters. The lowest BCUT2D eigenvalue weighted by atomic mass is 9.99. The first kappa shape index (κ1) is 12.2. The van der Waals surface area contributed by atoms with Crippen LogP contribution in [0.4, 0.5) is 0 Å². The molecule has 21 heavy (non-hydrogen) atoms. The number of ether oxygens (including phenoxy) is 1. The van der Waals surface area contributed by atoms with Crippen molar-refractivity contribution in [2.45, 2.75) is 12.5 Å². The second-order valence-electron chi connectivity index (χ2n) is 5.22. The molecule has 0 saturated carbocycles. The van der Waals surface area contributed by atoms with Crippen LogP contribution in [0.2, 0.25) is 0 Å². The summed E-state index contributed by atoms with van der Waals surface area (Å²) in [6, 6.07) is 22.6. The monoisotopic (exact) mass is 273 g/mol. The Morgan fingerprint density at radius 1 is 0.857 bits per heavy atom. The third-order valence-electron chi connectivity index (χ3n) is 3.89. The second-order valence-corrected chi connectivity index (χ2v) is 5.22. The Labute approximate surface area is 124 Å². The Morgan fingerprint density at radius 2 is 1.57 bits per heavy atom. The fourth-order valence-electron chi connectivity index (χ4n) is 2.86. The molecule has 0 N–H and O–H groups in total. The average molecular weight is 273 g/mol. The summed E-state index contributed by atoms with van der Waals surface area (Å²) in [5.74, 6) is 0.956. The maximum absolute atomic E-state index is 6.12. The molecule has 2 aromatic carbocycles. The third kappa shape index (κ3) is 2.19. The van der Waals surface area contributed by atoms with E-state index in [1.807, 2.05) is 36.5 Å². The van der Waals surface area contributed by atoms with Crippen LogP contribution < -0.4 is 4.74 Å². The van der Waals surface area contributed by atoms with Crippen molar-refractivity contribution in [1.29, 1.82) is 0 Å². The highest BCUT2D eigenvalue weighted by molar-refractivity contribution is 5.67. The molecular weight excluding hydrogens is 258 g/mol. The van der Waals surface area contributed by atoms with Crippen molar-refractivity contribution in [2.24, 2.45) is 0 Å². The van der Waals surface area contributed by atoms with Gasteiger partial charge in [0.1, 0.15) is 11.9 Å². The Hall–Kier alpha value is -2.61. The van der Waals surface area contributed by atoms with E-state index >= 15 is 0 Å². The maximum Gasteiger partial charge on any atom is 0.128 e. The summed E-state index contributed by atoms with van der Waals surface area (Å²) in [6.45, 7) is 0. The number of pyridine rings is 1. The van der Waals surface area contributed by atoms with Gasteiger partial charge in [-0.3, -0.25) is 4.98 Å². The van der Waals surface area contributed by atoms with Crippen molar-refractivity contribution in [3.05, 3.63) is 84.1 Å². The van der Waals surface area contributed by atoms with Crippen LogP contribution in [0.1, 0.15) is 17.2 Å². The van der Waals surface area contributed by atoms with E-state index in [4.69, 9.17) is 4.74 Å². The van der Waals surface area contributed by atoms with Crippen molar-refractivity contribution in [3.8, 4) is 17.0 Å². The first-order valence-corrected chi connectivity index (χ1v) is 7.17. The van der Waals surface area contributed by atoms with Crippen LogP contribution in [0.5, 0.6) is 5.75 Å². The van der Waals surface area contributed by atoms with Gasteiger partial charge in [0, 0.05) is 23.7 Å². The minimum Gasteiger partial charge on any atom is -0.485 e. The molecule has 0 amide bonds. The number of fused-ring (bicyclic) bond motifs is 1. The van der Waals surface area contributed by atoms with Crippen LogP contribution in [-0.2, 0) is 6.42 Å². The van der Waals surface area contributed by atoms with Crippen LogP contribution >= 0.6 is 0 Å². The second kappa shape index (κ2) is 5.06. The van der Waals surface area contributed by atoms with Gasteiger partial charge in [0.25, 0.3) is 0 Å². The summed E-state index contributed by atoms with van der Waals surface area (Å²) in [5.41, 5.74) is 4.60. The molecule has 2 heteroatoms. The predicted octanol–water partition coefficient (Wildman–Crippen LogP) is 4.42. The standard InChI is InChI=1S/C19H15NO/c1-3-7-14(8-4-1)18-13-16-17(21-18)11-12-20-19(16)15-9-5-2-6-10-15/h1-12,18H,13H2. The maximum atomic E-state index is 6.12. The van der Waals surface area contributed by atoms with Gasteiger partial charge in [-0.2, -0.15) is 0 Å². The van der Waals surface area contributed by atoms with Gasteiger partial charge in [-0.1, -0.05) is 60.7 Å². The topological polar surface area (TPSA) is 22.1 Å². The minimum absolute atomic E-state index is 0.0906. The van der Waals surface area contributed by atoms with Crippen LogP contribution in [0.15, 0.2) is 72.9 Å². The van der Waals surface area contributed by atoms with Crippen LogP contribution in [0.3, 0.4) is 0 Å². The lowest BCUT2D eigenvalue weighted by Gasteiger charge is -2.10. The molecule has 1 aromatic heterocycles. The fourth-order valence-corrected chi connectivity index (χ4v) is 2.86. The van der Waals surface area contributed by atoms with E-state index in [1.165, 1.54) is 11.1 Å². The number of aromatic nitrogens is 1. The minimum atomic E-state index is 0.0906. The molecule has 0 radical (unpaired) electrons. The summed E-state index contributed by atoms with van der Waals surface area (Å²) in [6.07, 6.45) is 2.79. The zero-order valence-electron chi connectivity index (χ0n) is 11.6. The molecule has 1 atom stereocenters. The van der Waals surface area contributed by atoms with Crippen molar-refractivity contribution >= 4 is 0 Å². The van der Waals surface area contributed by atoms with Crippen LogP contribution in [0, 0.1) is 0 Å². The van der Waals surface area contributed by atoms with E-state index in [0.717, 1.165) is 23.4 Å². The quantitative estimate of drug-likeness (QED) is 0.689. The SMILES string of the molecule is c1ccc(-c2nccc3c2CC(c2ccccc2)O3)cc1. The number of hydrogen-bond donors (Lipinski definition) is 0. The van der Waals surface area contributed by atoms with Crippen LogP contribution in [-0.4, -0.2) is 4.98 Å². The molecule has 0 fully saturated rings. The molecular formula is C19H15NO. The lowest BCUT2D eigenvalue weighted by Crippen LogP contribution is -2.02. The van der Waals surface area contributed by atoms with Gasteiger partial charge >= 0.3 is 0 Å². The summed E-state index contributed by atoms with van der Waals surface area (Å²) in [4.78, 5) is 4.57. The molecule has 1 aliphatic rings. The smallest absolute Gasteiger partial charge is 0.128 e. The number of hydrogen-bond acceptors (Lipinski definition) is 2. The van der Waals surface area contributed by atoms with Gasteiger partial charge in [0.05, 0.1) is 5.69 Å². The van der Waals surface area contributed by atoms with E-state index in [-0.39, 0.29) is 6.10 Å². The van der Waals surface area contributed by atoms with Gasteiger partial charge in [-0.15, -0.1) is 0 Å². The molecule has 2 heterocycles. The van der Waals surface area contributed by atoms with E-state index in [2.05, 4.69) is 41.4 Å².